The summed E-state index contributed by atoms with van der Waals surface area (Å²) in [6, 6.07) is 5.51. The first-order valence-corrected chi connectivity index (χ1v) is 7.50. The normalized spacial score (nSPS) is 12.8. The summed E-state index contributed by atoms with van der Waals surface area (Å²) in [5.41, 5.74) is -0.218. The standard InChI is InChI=1S/C17H17F3N4/c1-16(2,3)15-21-8-12-9-22-24(14(12)23-15)10-11-6-4-5-7-13(11)17(18,19)20/h4-9H,10H2,1-3H3. The van der Waals surface area contributed by atoms with Crippen molar-refractivity contribution in [2.75, 3.05) is 0 Å². The van der Waals surface area contributed by atoms with Crippen molar-refractivity contribution in [2.24, 2.45) is 0 Å². The molecule has 0 aliphatic carbocycles. The van der Waals surface area contributed by atoms with Gasteiger partial charge < -0.3 is 0 Å². The van der Waals surface area contributed by atoms with Gasteiger partial charge in [0.1, 0.15) is 5.82 Å². The second-order valence-corrected chi connectivity index (χ2v) is 6.68. The van der Waals surface area contributed by atoms with E-state index < -0.39 is 11.7 Å². The fourth-order valence-electron chi connectivity index (χ4n) is 2.44. The number of nitrogens with zero attached hydrogens (tertiary/aromatic N) is 4. The van der Waals surface area contributed by atoms with E-state index in [1.807, 2.05) is 20.8 Å². The molecular weight excluding hydrogens is 317 g/mol. The van der Waals surface area contributed by atoms with Crippen LogP contribution in [0.3, 0.4) is 0 Å². The van der Waals surface area contributed by atoms with E-state index >= 15 is 0 Å². The minimum Gasteiger partial charge on any atom is -0.243 e. The fourth-order valence-corrected chi connectivity index (χ4v) is 2.44. The van der Waals surface area contributed by atoms with Gasteiger partial charge >= 0.3 is 6.18 Å². The number of rotatable bonds is 2. The molecule has 24 heavy (non-hydrogen) atoms. The second kappa shape index (κ2) is 5.58. The van der Waals surface area contributed by atoms with Crippen molar-refractivity contribution in [2.45, 2.75) is 38.9 Å². The summed E-state index contributed by atoms with van der Waals surface area (Å²) in [5, 5.41) is 4.89. The van der Waals surface area contributed by atoms with Crippen LogP contribution in [0.4, 0.5) is 13.2 Å². The summed E-state index contributed by atoms with van der Waals surface area (Å²) in [6.45, 7) is 5.94. The van der Waals surface area contributed by atoms with Crippen molar-refractivity contribution in [1.29, 1.82) is 0 Å². The summed E-state index contributed by atoms with van der Waals surface area (Å²) in [6.07, 6.45) is -1.18. The molecule has 0 fully saturated rings. The van der Waals surface area contributed by atoms with Gasteiger partial charge in [0.05, 0.1) is 23.7 Å². The number of halogens is 3. The van der Waals surface area contributed by atoms with Crippen LogP contribution in [0.2, 0.25) is 0 Å². The maximum Gasteiger partial charge on any atom is 0.416 e. The Hall–Kier alpha value is -2.44. The highest BCUT2D eigenvalue weighted by molar-refractivity contribution is 5.73. The highest BCUT2D eigenvalue weighted by Crippen LogP contribution is 2.32. The zero-order valence-electron chi connectivity index (χ0n) is 13.6. The Morgan fingerprint density at radius 3 is 2.42 bits per heavy atom. The molecule has 0 amide bonds. The number of hydrogen-bond donors (Lipinski definition) is 0. The summed E-state index contributed by atoms with van der Waals surface area (Å²) in [4.78, 5) is 8.81. The summed E-state index contributed by atoms with van der Waals surface area (Å²) >= 11 is 0. The molecule has 0 radical (unpaired) electrons. The van der Waals surface area contributed by atoms with Crippen LogP contribution in [-0.4, -0.2) is 19.7 Å². The topological polar surface area (TPSA) is 43.6 Å². The summed E-state index contributed by atoms with van der Waals surface area (Å²) < 4.78 is 41.0. The first kappa shape index (κ1) is 16.4. The van der Waals surface area contributed by atoms with Crippen molar-refractivity contribution in [3.05, 3.63) is 53.6 Å². The molecule has 2 heterocycles. The van der Waals surface area contributed by atoms with E-state index in [1.165, 1.54) is 16.8 Å². The van der Waals surface area contributed by atoms with Crippen LogP contribution in [0.5, 0.6) is 0 Å². The first-order chi connectivity index (χ1) is 11.2. The van der Waals surface area contributed by atoms with Gasteiger partial charge in [-0.1, -0.05) is 39.0 Å². The van der Waals surface area contributed by atoms with Gasteiger partial charge in [-0.15, -0.1) is 0 Å². The van der Waals surface area contributed by atoms with Crippen LogP contribution < -0.4 is 0 Å². The number of alkyl halides is 3. The zero-order chi connectivity index (χ0) is 17.5. The predicted octanol–water partition coefficient (Wildman–Crippen LogP) is 4.19. The van der Waals surface area contributed by atoms with Gasteiger partial charge in [0.15, 0.2) is 5.65 Å². The molecule has 126 valence electrons. The average molecular weight is 334 g/mol. The highest BCUT2D eigenvalue weighted by atomic mass is 19.4. The van der Waals surface area contributed by atoms with Crippen molar-refractivity contribution in [3.63, 3.8) is 0 Å². The van der Waals surface area contributed by atoms with Gasteiger partial charge in [-0.25, -0.2) is 14.6 Å². The monoisotopic (exact) mass is 334 g/mol. The Balaban J connectivity index is 2.06. The quantitative estimate of drug-likeness (QED) is 0.706. The molecule has 0 atom stereocenters. The largest absolute Gasteiger partial charge is 0.416 e. The van der Waals surface area contributed by atoms with E-state index in [0.29, 0.717) is 16.9 Å². The van der Waals surface area contributed by atoms with Gasteiger partial charge in [0, 0.05) is 11.6 Å². The lowest BCUT2D eigenvalue weighted by molar-refractivity contribution is -0.138. The first-order valence-electron chi connectivity index (χ1n) is 7.50. The van der Waals surface area contributed by atoms with Gasteiger partial charge in [0.2, 0.25) is 0 Å². The lowest BCUT2D eigenvalue weighted by Gasteiger charge is -2.16. The molecule has 0 spiro atoms. The lowest BCUT2D eigenvalue weighted by atomic mass is 9.96. The van der Waals surface area contributed by atoms with Gasteiger partial charge in [-0.05, 0) is 11.6 Å². The second-order valence-electron chi connectivity index (χ2n) is 6.68. The van der Waals surface area contributed by atoms with Crippen LogP contribution in [-0.2, 0) is 18.1 Å². The molecule has 0 aliphatic heterocycles. The molecule has 0 aliphatic rings. The van der Waals surface area contributed by atoms with Gasteiger partial charge in [0.25, 0.3) is 0 Å². The Kier molecular flexibility index (Phi) is 3.81. The third-order valence-electron chi connectivity index (χ3n) is 3.69. The molecule has 3 aromatic rings. The molecule has 3 rings (SSSR count). The summed E-state index contributed by atoms with van der Waals surface area (Å²) in [7, 11) is 0. The molecule has 7 heteroatoms. The van der Waals surface area contributed by atoms with Crippen molar-refractivity contribution >= 4 is 11.0 Å². The van der Waals surface area contributed by atoms with Crippen molar-refractivity contribution in [3.8, 4) is 0 Å². The van der Waals surface area contributed by atoms with E-state index in [0.717, 1.165) is 6.07 Å². The lowest BCUT2D eigenvalue weighted by Crippen LogP contribution is -2.17. The molecule has 0 N–H and O–H groups in total. The van der Waals surface area contributed by atoms with Crippen LogP contribution in [0.1, 0.15) is 37.7 Å². The maximum atomic E-state index is 13.2. The maximum absolute atomic E-state index is 13.2. The zero-order valence-corrected chi connectivity index (χ0v) is 13.6. The number of hydrogen-bond acceptors (Lipinski definition) is 3. The predicted molar refractivity (Wildman–Crippen MR) is 84.6 cm³/mol. The Morgan fingerprint density at radius 1 is 1.04 bits per heavy atom. The number of aromatic nitrogens is 4. The Morgan fingerprint density at radius 2 is 1.75 bits per heavy atom. The molecule has 0 saturated carbocycles. The molecule has 0 unspecified atom stereocenters. The minimum absolute atomic E-state index is 0.000219. The van der Waals surface area contributed by atoms with E-state index in [2.05, 4.69) is 15.1 Å². The van der Waals surface area contributed by atoms with Crippen molar-refractivity contribution < 1.29 is 13.2 Å². The molecular formula is C17H17F3N4. The molecule has 0 bridgehead atoms. The Bertz CT molecular complexity index is 875. The summed E-state index contributed by atoms with van der Waals surface area (Å²) in [5.74, 6) is 0.626. The average Bonchev–Trinajstić information content (AvgIpc) is 2.88. The van der Waals surface area contributed by atoms with E-state index in [-0.39, 0.29) is 17.5 Å². The number of benzene rings is 1. The van der Waals surface area contributed by atoms with E-state index in [9.17, 15) is 13.2 Å². The SMILES string of the molecule is CC(C)(C)c1ncc2cnn(Cc3ccccc3C(F)(F)F)c2n1. The van der Waals surface area contributed by atoms with Crippen LogP contribution in [0.25, 0.3) is 11.0 Å². The molecule has 1 aromatic carbocycles. The third kappa shape index (κ3) is 3.11. The third-order valence-corrected chi connectivity index (χ3v) is 3.69. The highest BCUT2D eigenvalue weighted by Gasteiger charge is 2.33. The van der Waals surface area contributed by atoms with E-state index in [4.69, 9.17) is 0 Å². The van der Waals surface area contributed by atoms with E-state index in [1.54, 1.807) is 18.5 Å². The van der Waals surface area contributed by atoms with Crippen LogP contribution in [0, 0.1) is 0 Å². The molecule has 2 aromatic heterocycles. The smallest absolute Gasteiger partial charge is 0.243 e. The van der Waals surface area contributed by atoms with Gasteiger partial charge in [-0.2, -0.15) is 18.3 Å². The number of fused-ring (bicyclic) bond motifs is 1. The van der Waals surface area contributed by atoms with Crippen LogP contribution in [0.15, 0.2) is 36.7 Å². The Labute approximate surface area is 137 Å². The molecule has 4 nitrogen and oxygen atoms in total. The minimum atomic E-state index is -4.40. The fraction of sp³-hybridized carbons (Fsp3) is 0.353. The van der Waals surface area contributed by atoms with Gasteiger partial charge in [-0.3, -0.25) is 0 Å². The van der Waals surface area contributed by atoms with Crippen LogP contribution >= 0.6 is 0 Å². The molecule has 0 saturated heterocycles. The van der Waals surface area contributed by atoms with Crippen molar-refractivity contribution in [1.82, 2.24) is 19.7 Å².